The molecular formula is C14H14N6. The summed E-state index contributed by atoms with van der Waals surface area (Å²) in [6.07, 6.45) is 3.54. The number of hydrogen-bond donors (Lipinski definition) is 1. The Labute approximate surface area is 116 Å². The first-order valence-electron chi connectivity index (χ1n) is 6.35. The molecule has 100 valence electrons. The summed E-state index contributed by atoms with van der Waals surface area (Å²) in [6, 6.07) is 13.8. The lowest BCUT2D eigenvalue weighted by atomic mass is 10.1. The van der Waals surface area contributed by atoms with Crippen LogP contribution in [0.1, 0.15) is 18.5 Å². The first-order valence-corrected chi connectivity index (χ1v) is 6.35. The maximum atomic E-state index is 4.03. The van der Waals surface area contributed by atoms with E-state index in [0.717, 1.165) is 11.3 Å². The van der Waals surface area contributed by atoms with Crippen LogP contribution in [0.3, 0.4) is 0 Å². The van der Waals surface area contributed by atoms with Crippen molar-refractivity contribution in [1.29, 1.82) is 0 Å². The minimum atomic E-state index is 0.0893. The maximum Gasteiger partial charge on any atom is 0.248 e. The van der Waals surface area contributed by atoms with Crippen LogP contribution in [-0.2, 0) is 0 Å². The normalized spacial score (nSPS) is 12.1. The van der Waals surface area contributed by atoms with E-state index >= 15 is 0 Å². The predicted molar refractivity (Wildman–Crippen MR) is 75.4 cm³/mol. The highest BCUT2D eigenvalue weighted by Crippen LogP contribution is 2.18. The Bertz CT molecular complexity index is 664. The second-order valence-corrected chi connectivity index (χ2v) is 4.40. The number of nitrogens with one attached hydrogen (secondary N) is 1. The van der Waals surface area contributed by atoms with E-state index in [1.54, 1.807) is 17.1 Å². The first-order chi connectivity index (χ1) is 9.84. The number of pyridine rings is 1. The molecule has 2 heterocycles. The summed E-state index contributed by atoms with van der Waals surface area (Å²) in [6.45, 7) is 2.05. The lowest BCUT2D eigenvalue weighted by Gasteiger charge is -2.14. The zero-order valence-electron chi connectivity index (χ0n) is 11.0. The summed E-state index contributed by atoms with van der Waals surface area (Å²) in [4.78, 5) is 4.02. The van der Waals surface area contributed by atoms with E-state index in [1.807, 2.05) is 42.5 Å². The fourth-order valence-corrected chi connectivity index (χ4v) is 1.95. The van der Waals surface area contributed by atoms with Gasteiger partial charge in [0, 0.05) is 12.4 Å². The smallest absolute Gasteiger partial charge is 0.248 e. The third-order valence-corrected chi connectivity index (χ3v) is 3.02. The van der Waals surface area contributed by atoms with Gasteiger partial charge in [0.05, 0.1) is 11.7 Å². The standard InChI is InChI=1S/C14H14N6/c1-11(12-7-9-15-10-8-12)16-14-17-18-19-20(14)13-5-3-2-4-6-13/h2-11H,1H3,(H,16,17,19). The minimum absolute atomic E-state index is 0.0893. The van der Waals surface area contributed by atoms with Crippen molar-refractivity contribution in [2.45, 2.75) is 13.0 Å². The van der Waals surface area contributed by atoms with Crippen molar-refractivity contribution in [2.24, 2.45) is 0 Å². The van der Waals surface area contributed by atoms with Crippen LogP contribution < -0.4 is 5.32 Å². The average Bonchev–Trinajstić information content (AvgIpc) is 2.97. The average molecular weight is 266 g/mol. The van der Waals surface area contributed by atoms with Crippen LogP contribution in [0.5, 0.6) is 0 Å². The number of tetrazole rings is 1. The van der Waals surface area contributed by atoms with Gasteiger partial charge in [-0.25, -0.2) is 0 Å². The van der Waals surface area contributed by atoms with Crippen molar-refractivity contribution in [3.63, 3.8) is 0 Å². The van der Waals surface area contributed by atoms with Crippen LogP contribution in [0.2, 0.25) is 0 Å². The van der Waals surface area contributed by atoms with Crippen LogP contribution in [0, 0.1) is 0 Å². The van der Waals surface area contributed by atoms with E-state index in [1.165, 1.54) is 0 Å². The van der Waals surface area contributed by atoms with E-state index in [4.69, 9.17) is 0 Å². The van der Waals surface area contributed by atoms with E-state index in [0.29, 0.717) is 5.95 Å². The molecule has 0 amide bonds. The summed E-state index contributed by atoms with van der Waals surface area (Å²) < 4.78 is 1.68. The molecule has 2 aromatic heterocycles. The van der Waals surface area contributed by atoms with E-state index in [9.17, 15) is 0 Å². The molecule has 0 saturated heterocycles. The zero-order chi connectivity index (χ0) is 13.8. The van der Waals surface area contributed by atoms with Gasteiger partial charge in [-0.3, -0.25) is 4.98 Å². The topological polar surface area (TPSA) is 68.5 Å². The van der Waals surface area contributed by atoms with E-state index in [2.05, 4.69) is 32.7 Å². The fourth-order valence-electron chi connectivity index (χ4n) is 1.95. The molecule has 0 fully saturated rings. The molecule has 0 aliphatic carbocycles. The molecule has 20 heavy (non-hydrogen) atoms. The molecule has 0 saturated carbocycles. The summed E-state index contributed by atoms with van der Waals surface area (Å²) in [5.41, 5.74) is 2.05. The van der Waals surface area contributed by atoms with Gasteiger partial charge in [-0.1, -0.05) is 23.3 Å². The second kappa shape index (κ2) is 5.48. The van der Waals surface area contributed by atoms with Crippen LogP contribution in [0.4, 0.5) is 5.95 Å². The van der Waals surface area contributed by atoms with Crippen molar-refractivity contribution in [3.05, 3.63) is 60.4 Å². The summed E-state index contributed by atoms with van der Waals surface area (Å²) >= 11 is 0. The van der Waals surface area contributed by atoms with Gasteiger partial charge in [-0.2, -0.15) is 4.68 Å². The van der Waals surface area contributed by atoms with Crippen molar-refractivity contribution in [3.8, 4) is 5.69 Å². The molecular weight excluding hydrogens is 252 g/mol. The van der Waals surface area contributed by atoms with Gasteiger partial charge in [0.15, 0.2) is 0 Å². The van der Waals surface area contributed by atoms with Gasteiger partial charge in [-0.15, -0.1) is 0 Å². The van der Waals surface area contributed by atoms with Crippen LogP contribution in [-0.4, -0.2) is 25.2 Å². The Morgan fingerprint density at radius 1 is 1.05 bits per heavy atom. The molecule has 0 spiro atoms. The molecule has 0 radical (unpaired) electrons. The Morgan fingerprint density at radius 3 is 2.55 bits per heavy atom. The molecule has 6 heteroatoms. The summed E-state index contributed by atoms with van der Waals surface area (Å²) in [7, 11) is 0. The second-order valence-electron chi connectivity index (χ2n) is 4.40. The highest BCUT2D eigenvalue weighted by Gasteiger charge is 2.11. The first kappa shape index (κ1) is 12.3. The van der Waals surface area contributed by atoms with Gasteiger partial charge in [0.25, 0.3) is 0 Å². The Hall–Kier alpha value is -2.76. The molecule has 0 bridgehead atoms. The van der Waals surface area contributed by atoms with Crippen LogP contribution in [0.15, 0.2) is 54.9 Å². The van der Waals surface area contributed by atoms with Gasteiger partial charge in [0.2, 0.25) is 5.95 Å². The number of aromatic nitrogens is 5. The van der Waals surface area contributed by atoms with Gasteiger partial charge in [-0.05, 0) is 47.2 Å². The molecule has 0 aliphatic rings. The van der Waals surface area contributed by atoms with Crippen LogP contribution in [0.25, 0.3) is 5.69 Å². The Kier molecular flexibility index (Phi) is 3.36. The maximum absolute atomic E-state index is 4.03. The number of hydrogen-bond acceptors (Lipinski definition) is 5. The van der Waals surface area contributed by atoms with Gasteiger partial charge < -0.3 is 5.32 Å². The number of nitrogens with zero attached hydrogens (tertiary/aromatic N) is 5. The number of rotatable bonds is 4. The quantitative estimate of drug-likeness (QED) is 0.784. The van der Waals surface area contributed by atoms with Gasteiger partial charge >= 0.3 is 0 Å². The molecule has 0 aliphatic heterocycles. The molecule has 1 unspecified atom stereocenters. The predicted octanol–water partition coefficient (Wildman–Crippen LogP) is 2.23. The SMILES string of the molecule is CC(Nc1nnnn1-c1ccccc1)c1ccncc1. The summed E-state index contributed by atoms with van der Waals surface area (Å²) in [5, 5.41) is 15.1. The highest BCUT2D eigenvalue weighted by molar-refractivity contribution is 5.40. The summed E-state index contributed by atoms with van der Waals surface area (Å²) in [5.74, 6) is 0.612. The Balaban J connectivity index is 1.84. The number of anilines is 1. The number of benzene rings is 1. The van der Waals surface area contributed by atoms with Gasteiger partial charge in [0.1, 0.15) is 0 Å². The highest BCUT2D eigenvalue weighted by atomic mass is 15.6. The molecule has 3 rings (SSSR count). The van der Waals surface area contributed by atoms with Crippen molar-refractivity contribution < 1.29 is 0 Å². The van der Waals surface area contributed by atoms with Crippen molar-refractivity contribution >= 4 is 5.95 Å². The lowest BCUT2D eigenvalue weighted by Crippen LogP contribution is -2.11. The van der Waals surface area contributed by atoms with Crippen LogP contribution >= 0.6 is 0 Å². The fraction of sp³-hybridized carbons (Fsp3) is 0.143. The monoisotopic (exact) mass is 266 g/mol. The molecule has 1 aromatic carbocycles. The van der Waals surface area contributed by atoms with Crippen molar-refractivity contribution in [1.82, 2.24) is 25.2 Å². The number of para-hydroxylation sites is 1. The van der Waals surface area contributed by atoms with Crippen molar-refractivity contribution in [2.75, 3.05) is 5.32 Å². The van der Waals surface area contributed by atoms with E-state index < -0.39 is 0 Å². The molecule has 1 atom stereocenters. The van der Waals surface area contributed by atoms with E-state index in [-0.39, 0.29) is 6.04 Å². The Morgan fingerprint density at radius 2 is 1.80 bits per heavy atom. The minimum Gasteiger partial charge on any atom is -0.346 e. The molecule has 3 aromatic rings. The zero-order valence-corrected chi connectivity index (χ0v) is 11.0. The molecule has 1 N–H and O–H groups in total. The third-order valence-electron chi connectivity index (χ3n) is 3.02. The largest absolute Gasteiger partial charge is 0.346 e. The lowest BCUT2D eigenvalue weighted by molar-refractivity contribution is 0.780. The molecule has 6 nitrogen and oxygen atoms in total. The third kappa shape index (κ3) is 2.49.